The van der Waals surface area contributed by atoms with Crippen LogP contribution in [0.1, 0.15) is 78.0 Å². The highest BCUT2D eigenvalue weighted by Gasteiger charge is 2.26. The Hall–Kier alpha value is -2.82. The first kappa shape index (κ1) is 23.8. The number of nitrogens with zero attached hydrogens (tertiary/aromatic N) is 2. The maximum Gasteiger partial charge on any atom is 0.263 e. The second kappa shape index (κ2) is 8.61. The Morgan fingerprint density at radius 3 is 2.03 bits per heavy atom. The monoisotopic (exact) mass is 435 g/mol. The van der Waals surface area contributed by atoms with E-state index in [9.17, 15) is 9.90 Å². The largest absolute Gasteiger partial charge is 0.507 e. The molecule has 0 bridgehead atoms. The van der Waals surface area contributed by atoms with Gasteiger partial charge < -0.3 is 9.67 Å². The molecular formula is C27H37N3O2. The number of phenols is 1. The molecule has 0 radical (unpaired) electrons. The van der Waals surface area contributed by atoms with Gasteiger partial charge in [0, 0.05) is 6.54 Å². The minimum Gasteiger partial charge on any atom is -0.507 e. The number of rotatable bonds is 5. The summed E-state index contributed by atoms with van der Waals surface area (Å²) in [4.78, 5) is 13.4. The van der Waals surface area contributed by atoms with Crippen molar-refractivity contribution < 1.29 is 5.11 Å². The number of para-hydroxylation sites is 1. The third-order valence-electron chi connectivity index (χ3n) is 6.04. The summed E-state index contributed by atoms with van der Waals surface area (Å²) in [5, 5.41) is 20.5. The number of nitrogens with one attached hydrogen (secondary N) is 1. The quantitative estimate of drug-likeness (QED) is 0.561. The van der Waals surface area contributed by atoms with E-state index in [-0.39, 0.29) is 22.0 Å². The second-order valence-corrected chi connectivity index (χ2v) is 10.8. The van der Waals surface area contributed by atoms with Gasteiger partial charge in [0.05, 0.1) is 17.4 Å². The zero-order valence-corrected chi connectivity index (χ0v) is 20.5. The van der Waals surface area contributed by atoms with Gasteiger partial charge in [0.25, 0.3) is 5.56 Å². The maximum absolute atomic E-state index is 13.4. The molecule has 0 saturated heterocycles. The molecule has 2 aromatic carbocycles. The van der Waals surface area contributed by atoms with Crippen molar-refractivity contribution in [1.29, 1.82) is 5.41 Å². The van der Waals surface area contributed by atoms with Gasteiger partial charge in [-0.15, -0.1) is 0 Å². The second-order valence-electron chi connectivity index (χ2n) is 10.8. The van der Waals surface area contributed by atoms with Crippen LogP contribution in [-0.2, 0) is 23.9 Å². The van der Waals surface area contributed by atoms with Gasteiger partial charge in [0.2, 0.25) is 5.62 Å². The number of unbranched alkanes of at least 4 members (excludes halogenated alkanes) is 1. The molecule has 0 fully saturated rings. The number of aryl methyl sites for hydroxylation is 1. The molecule has 0 spiro atoms. The molecule has 0 unspecified atom stereocenters. The molecule has 0 aliphatic heterocycles. The van der Waals surface area contributed by atoms with Crippen LogP contribution in [0.2, 0.25) is 0 Å². The number of hydrogen-bond acceptors (Lipinski definition) is 3. The zero-order chi connectivity index (χ0) is 23.8. The Labute approximate surface area is 190 Å². The summed E-state index contributed by atoms with van der Waals surface area (Å²) in [7, 11) is 0. The molecule has 0 saturated carbocycles. The summed E-state index contributed by atoms with van der Waals surface area (Å²) in [6.07, 6.45) is 1.96. The highest BCUT2D eigenvalue weighted by molar-refractivity contribution is 5.77. The predicted octanol–water partition coefficient (Wildman–Crippen LogP) is 5.43. The third-order valence-corrected chi connectivity index (χ3v) is 6.04. The van der Waals surface area contributed by atoms with E-state index < -0.39 is 0 Å². The number of aromatic nitrogens is 2. The van der Waals surface area contributed by atoms with Gasteiger partial charge in [-0.05, 0) is 58.2 Å². The molecule has 1 aromatic heterocycles. The summed E-state index contributed by atoms with van der Waals surface area (Å²) >= 11 is 0. The van der Waals surface area contributed by atoms with E-state index in [4.69, 9.17) is 5.41 Å². The predicted molar refractivity (Wildman–Crippen MR) is 132 cm³/mol. The molecule has 32 heavy (non-hydrogen) atoms. The summed E-state index contributed by atoms with van der Waals surface area (Å²) in [5.41, 5.74) is 3.01. The van der Waals surface area contributed by atoms with Gasteiger partial charge in [0.1, 0.15) is 5.75 Å². The van der Waals surface area contributed by atoms with Crippen LogP contribution >= 0.6 is 0 Å². The zero-order valence-electron chi connectivity index (χ0n) is 20.5. The van der Waals surface area contributed by atoms with Gasteiger partial charge in [-0.3, -0.25) is 14.8 Å². The van der Waals surface area contributed by atoms with Crippen LogP contribution in [0, 0.1) is 5.41 Å². The Kier molecular flexibility index (Phi) is 6.41. The van der Waals surface area contributed by atoms with Crippen molar-refractivity contribution in [3.8, 4) is 5.75 Å². The van der Waals surface area contributed by atoms with Crippen LogP contribution in [0.25, 0.3) is 10.9 Å². The normalized spacial score (nSPS) is 12.5. The fourth-order valence-corrected chi connectivity index (χ4v) is 4.19. The molecule has 3 rings (SSSR count). The van der Waals surface area contributed by atoms with E-state index in [2.05, 4.69) is 48.5 Å². The van der Waals surface area contributed by atoms with Crippen LogP contribution in [0.5, 0.6) is 5.75 Å². The van der Waals surface area contributed by atoms with Crippen LogP contribution in [0.3, 0.4) is 0 Å². The standard InChI is InChI=1S/C27H37N3O2/c1-8-9-14-29-22-13-11-10-12-19(22)24(32)30(25(29)28)17-18-15-20(26(2,3)4)23(31)21(16-18)27(5,6)7/h10-13,15-16,28,31H,8-9,14,17H2,1-7H3. The first-order chi connectivity index (χ1) is 14.9. The molecule has 2 N–H and O–H groups in total. The Bertz CT molecular complexity index is 1220. The molecule has 5 nitrogen and oxygen atoms in total. The smallest absolute Gasteiger partial charge is 0.263 e. The summed E-state index contributed by atoms with van der Waals surface area (Å²) in [6.45, 7) is 15.6. The molecule has 3 aromatic rings. The molecular weight excluding hydrogens is 398 g/mol. The number of benzene rings is 2. The van der Waals surface area contributed by atoms with E-state index in [1.54, 1.807) is 4.57 Å². The number of hydrogen-bond donors (Lipinski definition) is 2. The molecule has 0 aliphatic rings. The van der Waals surface area contributed by atoms with E-state index in [1.165, 1.54) is 0 Å². The molecule has 0 atom stereocenters. The minimum atomic E-state index is -0.251. The lowest BCUT2D eigenvalue weighted by molar-refractivity contribution is 0.422. The fraction of sp³-hybridized carbons (Fsp3) is 0.481. The Morgan fingerprint density at radius 2 is 1.50 bits per heavy atom. The molecule has 172 valence electrons. The molecule has 1 heterocycles. The van der Waals surface area contributed by atoms with E-state index in [0.717, 1.165) is 35.0 Å². The minimum absolute atomic E-state index is 0.152. The van der Waals surface area contributed by atoms with Crippen LogP contribution in [0.15, 0.2) is 41.2 Å². The summed E-state index contributed by atoms with van der Waals surface area (Å²) in [5.74, 6) is 0.323. The fourth-order valence-electron chi connectivity index (χ4n) is 4.19. The molecule has 5 heteroatoms. The van der Waals surface area contributed by atoms with Crippen molar-refractivity contribution in [2.24, 2.45) is 0 Å². The molecule has 0 amide bonds. The van der Waals surface area contributed by atoms with Crippen molar-refractivity contribution in [2.75, 3.05) is 0 Å². The van der Waals surface area contributed by atoms with E-state index in [1.807, 2.05) is 41.0 Å². The summed E-state index contributed by atoms with van der Waals surface area (Å²) < 4.78 is 3.50. The van der Waals surface area contributed by atoms with Crippen LogP contribution < -0.4 is 11.2 Å². The van der Waals surface area contributed by atoms with Crippen molar-refractivity contribution in [2.45, 2.75) is 85.2 Å². The van der Waals surface area contributed by atoms with Crippen molar-refractivity contribution >= 4 is 10.9 Å². The first-order valence-corrected chi connectivity index (χ1v) is 11.5. The Morgan fingerprint density at radius 1 is 0.938 bits per heavy atom. The van der Waals surface area contributed by atoms with Gasteiger partial charge in [-0.2, -0.15) is 0 Å². The van der Waals surface area contributed by atoms with Crippen LogP contribution in [0.4, 0.5) is 0 Å². The number of fused-ring (bicyclic) bond motifs is 1. The third kappa shape index (κ3) is 4.52. The lowest BCUT2D eigenvalue weighted by Crippen LogP contribution is -2.40. The van der Waals surface area contributed by atoms with Gasteiger partial charge >= 0.3 is 0 Å². The van der Waals surface area contributed by atoms with Crippen molar-refractivity contribution in [1.82, 2.24) is 9.13 Å². The lowest BCUT2D eigenvalue weighted by atomic mass is 9.78. The lowest BCUT2D eigenvalue weighted by Gasteiger charge is -2.28. The highest BCUT2D eigenvalue weighted by atomic mass is 16.3. The SMILES string of the molecule is CCCCn1c(=N)n(Cc2cc(C(C)(C)C)c(O)c(C(C)(C)C)c2)c(=O)c2ccccc21. The van der Waals surface area contributed by atoms with Crippen LogP contribution in [-0.4, -0.2) is 14.2 Å². The van der Waals surface area contributed by atoms with Crippen molar-refractivity contribution in [3.63, 3.8) is 0 Å². The first-order valence-electron chi connectivity index (χ1n) is 11.5. The van der Waals surface area contributed by atoms with Gasteiger partial charge in [-0.25, -0.2) is 0 Å². The van der Waals surface area contributed by atoms with Crippen molar-refractivity contribution in [3.05, 3.63) is 69.1 Å². The number of aromatic hydroxyl groups is 1. The maximum atomic E-state index is 13.4. The molecule has 0 aliphatic carbocycles. The topological polar surface area (TPSA) is 71.0 Å². The van der Waals surface area contributed by atoms with E-state index in [0.29, 0.717) is 24.2 Å². The van der Waals surface area contributed by atoms with E-state index >= 15 is 0 Å². The highest BCUT2D eigenvalue weighted by Crippen LogP contribution is 2.39. The van der Waals surface area contributed by atoms with Gasteiger partial charge in [0.15, 0.2) is 0 Å². The number of phenolic OH excluding ortho intramolecular Hbond substituents is 1. The average Bonchev–Trinajstić information content (AvgIpc) is 2.70. The van der Waals surface area contributed by atoms with Gasteiger partial charge in [-0.1, -0.05) is 67.0 Å². The average molecular weight is 436 g/mol. The Balaban J connectivity index is 2.26. The summed E-state index contributed by atoms with van der Waals surface area (Å²) in [6, 6.07) is 11.5.